The molecule has 1 unspecified atom stereocenters. The quantitative estimate of drug-likeness (QED) is 0.644. The number of ether oxygens (including phenoxy) is 1. The molecule has 0 bridgehead atoms. The number of benzene rings is 1. The van der Waals surface area contributed by atoms with Crippen molar-refractivity contribution in [1.82, 2.24) is 9.78 Å². The average Bonchev–Trinajstić information content (AvgIpc) is 2.90. The van der Waals surface area contributed by atoms with E-state index in [-0.39, 0.29) is 22.8 Å². The molecule has 1 aromatic carbocycles. The lowest BCUT2D eigenvalue weighted by Gasteiger charge is -2.15. The Morgan fingerprint density at radius 1 is 1.42 bits per heavy atom. The van der Waals surface area contributed by atoms with E-state index in [1.165, 1.54) is 32.0 Å². The molecule has 8 nitrogen and oxygen atoms in total. The molecule has 1 amide bonds. The summed E-state index contributed by atoms with van der Waals surface area (Å²) >= 11 is 0. The number of amides is 1. The summed E-state index contributed by atoms with van der Waals surface area (Å²) in [5.41, 5.74) is 0.0187. The molecule has 2 aromatic rings. The fourth-order valence-corrected chi connectivity index (χ4v) is 1.98. The number of nitro groups is 1. The van der Waals surface area contributed by atoms with Crippen LogP contribution in [0, 0.1) is 17.0 Å². The molecular weight excluding hydrogens is 326 g/mol. The van der Waals surface area contributed by atoms with Crippen LogP contribution in [0.15, 0.2) is 30.5 Å². The van der Waals surface area contributed by atoms with E-state index >= 15 is 0 Å². The summed E-state index contributed by atoms with van der Waals surface area (Å²) in [6, 6.07) is 4.82. The van der Waals surface area contributed by atoms with Crippen LogP contribution >= 0.6 is 0 Å². The first kappa shape index (κ1) is 17.3. The maximum absolute atomic E-state index is 12.4. The number of halogens is 2. The number of hydrogen-bond acceptors (Lipinski definition) is 5. The second-order valence-electron chi connectivity index (χ2n) is 4.88. The topological polar surface area (TPSA) is 99.3 Å². The summed E-state index contributed by atoms with van der Waals surface area (Å²) in [5, 5.41) is 17.2. The number of rotatable bonds is 6. The van der Waals surface area contributed by atoms with Crippen LogP contribution in [0.2, 0.25) is 0 Å². The number of para-hydroxylation sites is 2. The summed E-state index contributed by atoms with van der Waals surface area (Å²) < 4.78 is 30.2. The van der Waals surface area contributed by atoms with E-state index in [0.717, 1.165) is 10.9 Å². The number of aromatic nitrogens is 2. The van der Waals surface area contributed by atoms with Crippen molar-refractivity contribution in [2.75, 3.05) is 5.32 Å². The van der Waals surface area contributed by atoms with Crippen molar-refractivity contribution >= 4 is 17.3 Å². The van der Waals surface area contributed by atoms with Gasteiger partial charge in [0.05, 0.1) is 10.6 Å². The summed E-state index contributed by atoms with van der Waals surface area (Å²) in [5.74, 6) is -0.770. The number of nitrogens with zero attached hydrogens (tertiary/aromatic N) is 3. The summed E-state index contributed by atoms with van der Waals surface area (Å²) in [6.07, 6.45) is 1.14. The average molecular weight is 340 g/mol. The predicted molar refractivity (Wildman–Crippen MR) is 80.0 cm³/mol. The van der Waals surface area contributed by atoms with E-state index in [2.05, 4.69) is 15.2 Å². The van der Waals surface area contributed by atoms with Gasteiger partial charge in [-0.05, 0) is 26.0 Å². The largest absolute Gasteiger partial charge is 0.433 e. The van der Waals surface area contributed by atoms with Crippen LogP contribution in [0.5, 0.6) is 5.75 Å². The number of carbonyl (C=O) groups is 1. The molecule has 0 aliphatic carbocycles. The molecule has 1 aromatic heterocycles. The smallest absolute Gasteiger partial charge is 0.387 e. The van der Waals surface area contributed by atoms with Gasteiger partial charge in [-0.15, -0.1) is 0 Å². The minimum atomic E-state index is -3.03. The highest BCUT2D eigenvalue weighted by molar-refractivity contribution is 5.94. The van der Waals surface area contributed by atoms with Crippen molar-refractivity contribution in [3.63, 3.8) is 0 Å². The van der Waals surface area contributed by atoms with E-state index in [0.29, 0.717) is 0 Å². The molecule has 0 aliphatic heterocycles. The van der Waals surface area contributed by atoms with E-state index in [1.54, 1.807) is 6.07 Å². The Morgan fingerprint density at radius 3 is 2.67 bits per heavy atom. The lowest BCUT2D eigenvalue weighted by Crippen LogP contribution is -2.24. The third-order valence-corrected chi connectivity index (χ3v) is 3.22. The summed E-state index contributed by atoms with van der Waals surface area (Å²) in [7, 11) is 0. The molecule has 0 radical (unpaired) electrons. The second kappa shape index (κ2) is 7.02. The fourth-order valence-electron chi connectivity index (χ4n) is 1.98. The number of aryl methyl sites for hydroxylation is 1. The number of nitrogens with one attached hydrogen (secondary N) is 1. The molecule has 0 saturated heterocycles. The van der Waals surface area contributed by atoms with Gasteiger partial charge < -0.3 is 10.1 Å². The van der Waals surface area contributed by atoms with Crippen LogP contribution in [0.25, 0.3) is 0 Å². The van der Waals surface area contributed by atoms with Crippen LogP contribution in [0.3, 0.4) is 0 Å². The van der Waals surface area contributed by atoms with Crippen molar-refractivity contribution in [3.05, 3.63) is 46.3 Å². The van der Waals surface area contributed by atoms with Crippen LogP contribution in [-0.2, 0) is 4.79 Å². The lowest BCUT2D eigenvalue weighted by atomic mass is 10.2. The molecule has 1 heterocycles. The third kappa shape index (κ3) is 3.83. The zero-order chi connectivity index (χ0) is 17.9. The van der Waals surface area contributed by atoms with Crippen LogP contribution in [0.1, 0.15) is 18.7 Å². The van der Waals surface area contributed by atoms with Crippen LogP contribution < -0.4 is 10.1 Å². The van der Waals surface area contributed by atoms with Crippen molar-refractivity contribution in [3.8, 4) is 5.75 Å². The maximum Gasteiger partial charge on any atom is 0.387 e. The van der Waals surface area contributed by atoms with Crippen molar-refractivity contribution in [1.29, 1.82) is 0 Å². The molecule has 0 saturated carbocycles. The van der Waals surface area contributed by atoms with Gasteiger partial charge in [-0.25, -0.2) is 0 Å². The SMILES string of the molecule is Cc1nn(C(C)C(=O)Nc2ccccc2OC(F)F)cc1[N+](=O)[O-]. The van der Waals surface area contributed by atoms with Gasteiger partial charge in [-0.1, -0.05) is 12.1 Å². The lowest BCUT2D eigenvalue weighted by molar-refractivity contribution is -0.385. The van der Waals surface area contributed by atoms with E-state index in [9.17, 15) is 23.7 Å². The van der Waals surface area contributed by atoms with Gasteiger partial charge in [0.25, 0.3) is 0 Å². The van der Waals surface area contributed by atoms with Crippen molar-refractivity contribution in [2.24, 2.45) is 0 Å². The standard InChI is InChI=1S/C14H14F2N4O4/c1-8-11(20(22)23)7-19(18-8)9(2)13(21)17-10-5-3-4-6-12(10)24-14(15)16/h3-7,9,14H,1-2H3,(H,17,21). The highest BCUT2D eigenvalue weighted by Gasteiger charge is 2.23. The minimum Gasteiger partial charge on any atom is -0.433 e. The Labute approximate surface area is 135 Å². The van der Waals surface area contributed by atoms with E-state index < -0.39 is 23.5 Å². The van der Waals surface area contributed by atoms with Gasteiger partial charge in [-0.2, -0.15) is 13.9 Å². The second-order valence-corrected chi connectivity index (χ2v) is 4.88. The number of alkyl halides is 2. The summed E-state index contributed by atoms with van der Waals surface area (Å²) in [6.45, 7) is -0.107. The molecule has 128 valence electrons. The Bertz CT molecular complexity index is 763. The van der Waals surface area contributed by atoms with Gasteiger partial charge >= 0.3 is 12.3 Å². The summed E-state index contributed by atoms with van der Waals surface area (Å²) in [4.78, 5) is 22.5. The van der Waals surface area contributed by atoms with Gasteiger partial charge in [0.1, 0.15) is 23.7 Å². The van der Waals surface area contributed by atoms with E-state index in [1.807, 2.05) is 0 Å². The molecule has 1 atom stereocenters. The zero-order valence-electron chi connectivity index (χ0n) is 12.8. The maximum atomic E-state index is 12.4. The first-order valence-corrected chi connectivity index (χ1v) is 6.84. The molecule has 0 spiro atoms. The van der Waals surface area contributed by atoms with E-state index in [4.69, 9.17) is 0 Å². The Balaban J connectivity index is 2.18. The highest BCUT2D eigenvalue weighted by atomic mass is 19.3. The predicted octanol–water partition coefficient (Wildman–Crippen LogP) is 2.90. The van der Waals surface area contributed by atoms with Gasteiger partial charge in [-0.3, -0.25) is 19.6 Å². The first-order chi connectivity index (χ1) is 11.3. The monoisotopic (exact) mass is 340 g/mol. The van der Waals surface area contributed by atoms with Gasteiger partial charge in [0.2, 0.25) is 5.91 Å². The normalized spacial score (nSPS) is 12.0. The molecule has 24 heavy (non-hydrogen) atoms. The zero-order valence-corrected chi connectivity index (χ0v) is 12.8. The highest BCUT2D eigenvalue weighted by Crippen LogP contribution is 2.26. The van der Waals surface area contributed by atoms with Crippen molar-refractivity contribution in [2.45, 2.75) is 26.5 Å². The van der Waals surface area contributed by atoms with Crippen LogP contribution in [-0.4, -0.2) is 27.2 Å². The molecular formula is C14H14F2N4O4. The first-order valence-electron chi connectivity index (χ1n) is 6.84. The molecule has 10 heteroatoms. The number of hydrogen-bond donors (Lipinski definition) is 1. The van der Waals surface area contributed by atoms with Gasteiger partial charge in [0, 0.05) is 0 Å². The molecule has 0 aliphatic rings. The Morgan fingerprint density at radius 2 is 2.08 bits per heavy atom. The van der Waals surface area contributed by atoms with Gasteiger partial charge in [0.15, 0.2) is 0 Å². The third-order valence-electron chi connectivity index (χ3n) is 3.22. The minimum absolute atomic E-state index is 0.0630. The number of carbonyl (C=O) groups excluding carboxylic acids is 1. The van der Waals surface area contributed by atoms with Crippen molar-refractivity contribution < 1.29 is 23.2 Å². The van der Waals surface area contributed by atoms with Crippen LogP contribution in [0.4, 0.5) is 20.2 Å². The molecule has 2 rings (SSSR count). The number of anilines is 1. The molecule has 1 N–H and O–H groups in total. The fraction of sp³-hybridized carbons (Fsp3) is 0.286. The Hall–Kier alpha value is -3.04. The molecule has 0 fully saturated rings. The Kier molecular flexibility index (Phi) is 5.07.